The van der Waals surface area contributed by atoms with Crippen LogP contribution in [0.4, 0.5) is 0 Å². The van der Waals surface area contributed by atoms with Crippen LogP contribution < -0.4 is 29.4 Å². The Bertz CT molecular complexity index is 952. The van der Waals surface area contributed by atoms with E-state index in [1.54, 1.807) is 0 Å². The van der Waals surface area contributed by atoms with E-state index in [9.17, 15) is 0 Å². The molecule has 0 aromatic heterocycles. The maximum Gasteiger partial charge on any atom is 0.104 e. The topological polar surface area (TPSA) is 0 Å². The number of rotatable bonds is 36. The highest BCUT2D eigenvalue weighted by atomic mass is 79.9. The normalized spacial score (nSPS) is 13.1. The standard InChI is InChI=1S/2C26H48N.BrH.ClH/c2*1-4-6-7-8-9-10-11-12-13-14-15-16-17-21-24-27(3,5-2)25-26-22-19-18-20-23-26;;/h2*18-20,22-23H,4-17,21,24-25H2,1-3H3;2*1H/q2*+1;;/p-2. The van der Waals surface area contributed by atoms with Crippen LogP contribution in [0.15, 0.2) is 60.7 Å². The number of halogens is 2. The highest BCUT2D eigenvalue weighted by Gasteiger charge is 2.20. The molecule has 328 valence electrons. The van der Waals surface area contributed by atoms with E-state index in [4.69, 9.17) is 0 Å². The van der Waals surface area contributed by atoms with Gasteiger partial charge in [-0.2, -0.15) is 0 Å². The molecule has 0 aliphatic rings. The van der Waals surface area contributed by atoms with Gasteiger partial charge in [0.05, 0.1) is 40.3 Å². The molecule has 0 bridgehead atoms. The van der Waals surface area contributed by atoms with Gasteiger partial charge in [0.25, 0.3) is 0 Å². The second-order valence-electron chi connectivity index (χ2n) is 17.8. The van der Waals surface area contributed by atoms with E-state index in [1.165, 1.54) is 239 Å². The van der Waals surface area contributed by atoms with Crippen LogP contribution in [0.5, 0.6) is 0 Å². The fourth-order valence-electron chi connectivity index (χ4n) is 8.12. The summed E-state index contributed by atoms with van der Waals surface area (Å²) in [5.41, 5.74) is 2.96. The predicted molar refractivity (Wildman–Crippen MR) is 244 cm³/mol. The van der Waals surface area contributed by atoms with Gasteiger partial charge in [-0.05, 0) is 39.5 Å². The molecule has 0 heterocycles. The van der Waals surface area contributed by atoms with Crippen LogP contribution in [0.3, 0.4) is 0 Å². The Balaban J connectivity index is 0. The van der Waals surface area contributed by atoms with Crippen molar-refractivity contribution in [3.63, 3.8) is 0 Å². The van der Waals surface area contributed by atoms with E-state index in [-0.39, 0.29) is 29.4 Å². The molecule has 0 saturated heterocycles. The largest absolute Gasteiger partial charge is 1.00 e. The molecule has 2 rings (SSSR count). The van der Waals surface area contributed by atoms with Gasteiger partial charge in [-0.1, -0.05) is 229 Å². The lowest BCUT2D eigenvalue weighted by atomic mass is 10.0. The summed E-state index contributed by atoms with van der Waals surface area (Å²) in [6, 6.07) is 22.0. The Morgan fingerprint density at radius 3 is 0.750 bits per heavy atom. The Kier molecular flexibility index (Phi) is 41.8. The molecular weight excluding hydrogens is 768 g/mol. The molecule has 0 spiro atoms. The van der Waals surface area contributed by atoms with Crippen LogP contribution in [0.1, 0.15) is 219 Å². The van der Waals surface area contributed by atoms with Crippen molar-refractivity contribution in [1.29, 1.82) is 0 Å². The van der Waals surface area contributed by atoms with Crippen molar-refractivity contribution < 1.29 is 38.4 Å². The van der Waals surface area contributed by atoms with Crippen molar-refractivity contribution in [3.05, 3.63) is 71.8 Å². The monoisotopic (exact) mass is 863 g/mol. The minimum Gasteiger partial charge on any atom is -1.00 e. The molecule has 0 amide bonds. The number of benzene rings is 2. The number of nitrogens with zero attached hydrogens (tertiary/aromatic N) is 2. The van der Waals surface area contributed by atoms with E-state index in [0.717, 1.165) is 0 Å². The Morgan fingerprint density at radius 1 is 0.321 bits per heavy atom. The highest BCUT2D eigenvalue weighted by Crippen LogP contribution is 2.18. The third-order valence-corrected chi connectivity index (χ3v) is 12.4. The van der Waals surface area contributed by atoms with Gasteiger partial charge >= 0.3 is 0 Å². The molecule has 2 aromatic rings. The third kappa shape index (κ3) is 34.0. The summed E-state index contributed by atoms with van der Waals surface area (Å²) in [4.78, 5) is 0. The number of unbranched alkanes of at least 4 members (excludes halogenated alkanes) is 26. The number of hydrogen-bond donors (Lipinski definition) is 0. The zero-order valence-electron chi connectivity index (χ0n) is 38.5. The summed E-state index contributed by atoms with van der Waals surface area (Å²) in [5.74, 6) is 0. The van der Waals surface area contributed by atoms with Crippen LogP contribution >= 0.6 is 0 Å². The first-order valence-electron chi connectivity index (χ1n) is 24.1. The summed E-state index contributed by atoms with van der Waals surface area (Å²) < 4.78 is 2.37. The molecule has 2 nitrogen and oxygen atoms in total. The van der Waals surface area contributed by atoms with Crippen molar-refractivity contribution >= 4 is 0 Å². The van der Waals surface area contributed by atoms with Gasteiger partial charge in [-0.3, -0.25) is 0 Å². The van der Waals surface area contributed by atoms with Crippen molar-refractivity contribution in [1.82, 2.24) is 0 Å². The fourth-order valence-corrected chi connectivity index (χ4v) is 8.12. The fraction of sp³-hybridized carbons (Fsp3) is 0.769. The molecule has 2 aromatic carbocycles. The van der Waals surface area contributed by atoms with Gasteiger partial charge < -0.3 is 38.4 Å². The number of hydrogen-bond acceptors (Lipinski definition) is 0. The molecule has 0 radical (unpaired) electrons. The first-order chi connectivity index (χ1) is 26.4. The van der Waals surface area contributed by atoms with Crippen LogP contribution in [0.25, 0.3) is 0 Å². The molecule has 0 aliphatic heterocycles. The summed E-state index contributed by atoms with van der Waals surface area (Å²) in [6.07, 6.45) is 40.4. The third-order valence-electron chi connectivity index (χ3n) is 12.4. The molecule has 0 saturated carbocycles. The first kappa shape index (κ1) is 57.2. The molecule has 56 heavy (non-hydrogen) atoms. The zero-order valence-corrected chi connectivity index (χ0v) is 40.8. The Hall–Kier alpha value is -0.870. The lowest BCUT2D eigenvalue weighted by molar-refractivity contribution is -0.921. The van der Waals surface area contributed by atoms with Gasteiger partial charge in [-0.15, -0.1) is 0 Å². The molecule has 0 aliphatic carbocycles. The predicted octanol–water partition coefficient (Wildman–Crippen LogP) is 10.3. The minimum atomic E-state index is 0. The lowest BCUT2D eigenvalue weighted by Crippen LogP contribution is -3.00. The average Bonchev–Trinajstić information content (AvgIpc) is 3.19. The van der Waals surface area contributed by atoms with Gasteiger partial charge in [0, 0.05) is 11.1 Å². The Labute approximate surface area is 369 Å². The van der Waals surface area contributed by atoms with Crippen LogP contribution in [0.2, 0.25) is 0 Å². The van der Waals surface area contributed by atoms with Gasteiger partial charge in [0.2, 0.25) is 0 Å². The maximum absolute atomic E-state index is 2.43. The molecule has 2 unspecified atom stereocenters. The van der Waals surface area contributed by atoms with E-state index < -0.39 is 0 Å². The zero-order chi connectivity index (χ0) is 39.3. The smallest absolute Gasteiger partial charge is 0.104 e. The van der Waals surface area contributed by atoms with E-state index in [0.29, 0.717) is 0 Å². The van der Waals surface area contributed by atoms with E-state index in [1.807, 2.05) is 0 Å². The van der Waals surface area contributed by atoms with Crippen molar-refractivity contribution in [2.24, 2.45) is 0 Å². The highest BCUT2D eigenvalue weighted by molar-refractivity contribution is 5.14. The molecule has 0 fully saturated rings. The quantitative estimate of drug-likeness (QED) is 0.0473. The summed E-state index contributed by atoms with van der Waals surface area (Å²) in [5, 5.41) is 0. The van der Waals surface area contributed by atoms with Crippen molar-refractivity contribution in [3.8, 4) is 0 Å². The van der Waals surface area contributed by atoms with Crippen LogP contribution in [-0.2, 0) is 13.1 Å². The number of quaternary nitrogens is 2. The van der Waals surface area contributed by atoms with Gasteiger partial charge in [0.1, 0.15) is 13.1 Å². The van der Waals surface area contributed by atoms with Gasteiger partial charge in [-0.25, -0.2) is 0 Å². The SMILES string of the molecule is CCCCCCCCCCCCCCCC[N+](C)(CC)Cc1ccccc1.CCCCCCCCCCCCCCCC[N+](C)(CC)Cc1ccccc1.[Br-].[Cl-]. The van der Waals surface area contributed by atoms with Crippen LogP contribution in [0, 0.1) is 0 Å². The van der Waals surface area contributed by atoms with Crippen molar-refractivity contribution in [2.75, 3.05) is 40.3 Å². The van der Waals surface area contributed by atoms with Gasteiger partial charge in [0.15, 0.2) is 0 Å². The second-order valence-corrected chi connectivity index (χ2v) is 17.8. The first-order valence-corrected chi connectivity index (χ1v) is 24.1. The maximum atomic E-state index is 2.43. The molecule has 2 atom stereocenters. The van der Waals surface area contributed by atoms with Crippen molar-refractivity contribution in [2.45, 2.75) is 221 Å². The van der Waals surface area contributed by atoms with Crippen LogP contribution in [-0.4, -0.2) is 49.2 Å². The average molecular weight is 865 g/mol. The summed E-state index contributed by atoms with van der Waals surface area (Å²) >= 11 is 0. The van der Waals surface area contributed by atoms with E-state index >= 15 is 0 Å². The lowest BCUT2D eigenvalue weighted by Gasteiger charge is -2.33. The summed E-state index contributed by atoms with van der Waals surface area (Å²) in [6.45, 7) is 16.7. The van der Waals surface area contributed by atoms with E-state index in [2.05, 4.69) is 102 Å². The molecule has 0 N–H and O–H groups in total. The molecule has 4 heteroatoms. The second kappa shape index (κ2) is 40.9. The summed E-state index contributed by atoms with van der Waals surface area (Å²) in [7, 11) is 4.85. The Morgan fingerprint density at radius 2 is 0.536 bits per heavy atom. The molecular formula is C52H96BrClN2. The minimum absolute atomic E-state index is 0.